The molecule has 112 valence electrons. The predicted molar refractivity (Wildman–Crippen MR) is 75.2 cm³/mol. The lowest BCUT2D eigenvalue weighted by Gasteiger charge is -2.39. The Balaban J connectivity index is 1.47. The van der Waals surface area contributed by atoms with Gasteiger partial charge in [0.2, 0.25) is 11.8 Å². The lowest BCUT2D eigenvalue weighted by molar-refractivity contribution is -0.136. The highest BCUT2D eigenvalue weighted by Crippen LogP contribution is 2.24. The zero-order chi connectivity index (χ0) is 13.9. The van der Waals surface area contributed by atoms with E-state index in [4.69, 9.17) is 0 Å². The number of nitrogens with zero attached hydrogens (tertiary/aromatic N) is 2. The van der Waals surface area contributed by atoms with E-state index in [2.05, 4.69) is 15.5 Å². The molecular weight excluding hydrogens is 256 g/mol. The van der Waals surface area contributed by atoms with Crippen LogP contribution in [-0.4, -0.2) is 73.0 Å². The molecule has 0 bridgehead atoms. The van der Waals surface area contributed by atoms with Crippen molar-refractivity contribution in [3.05, 3.63) is 0 Å². The molecule has 0 aromatic heterocycles. The molecule has 0 aromatic rings. The summed E-state index contributed by atoms with van der Waals surface area (Å²) in [4.78, 5) is 28.0. The van der Waals surface area contributed by atoms with Gasteiger partial charge in [0.1, 0.15) is 6.04 Å². The number of carbonyl (C=O) groups is 2. The highest BCUT2D eigenvalue weighted by molar-refractivity contribution is 5.86. The Morgan fingerprint density at radius 1 is 1.10 bits per heavy atom. The molecule has 2 heterocycles. The molecule has 1 saturated carbocycles. The summed E-state index contributed by atoms with van der Waals surface area (Å²) in [5, 5.41) is 5.76. The Morgan fingerprint density at radius 3 is 2.40 bits per heavy atom. The van der Waals surface area contributed by atoms with Crippen molar-refractivity contribution in [2.75, 3.05) is 39.3 Å². The van der Waals surface area contributed by atoms with E-state index in [9.17, 15) is 9.59 Å². The van der Waals surface area contributed by atoms with Crippen molar-refractivity contribution in [3.8, 4) is 0 Å². The normalized spacial score (nSPS) is 29.5. The maximum atomic E-state index is 12.4. The average Bonchev–Trinajstić information content (AvgIpc) is 3.02. The van der Waals surface area contributed by atoms with Crippen molar-refractivity contribution in [2.45, 2.75) is 37.8 Å². The van der Waals surface area contributed by atoms with Crippen molar-refractivity contribution < 1.29 is 9.59 Å². The Hall–Kier alpha value is -1.14. The van der Waals surface area contributed by atoms with Crippen LogP contribution >= 0.6 is 0 Å². The molecule has 2 saturated heterocycles. The molecule has 1 atom stereocenters. The van der Waals surface area contributed by atoms with Crippen molar-refractivity contribution in [2.24, 2.45) is 0 Å². The molecule has 3 aliphatic rings. The van der Waals surface area contributed by atoms with Gasteiger partial charge in [0.15, 0.2) is 0 Å². The maximum absolute atomic E-state index is 12.4. The van der Waals surface area contributed by atoms with Gasteiger partial charge in [-0.25, -0.2) is 0 Å². The summed E-state index contributed by atoms with van der Waals surface area (Å²) in [7, 11) is 0. The number of hydrogen-bond acceptors (Lipinski definition) is 4. The monoisotopic (exact) mass is 280 g/mol. The zero-order valence-corrected chi connectivity index (χ0v) is 11.9. The van der Waals surface area contributed by atoms with E-state index >= 15 is 0 Å². The summed E-state index contributed by atoms with van der Waals surface area (Å²) in [6, 6.07) is 0.505. The molecule has 1 unspecified atom stereocenters. The molecule has 3 fully saturated rings. The summed E-state index contributed by atoms with van der Waals surface area (Å²) in [5.74, 6) is 0.108. The van der Waals surface area contributed by atoms with Gasteiger partial charge in [-0.15, -0.1) is 0 Å². The number of carbonyl (C=O) groups excluding carboxylic acids is 2. The molecule has 0 aromatic carbocycles. The van der Waals surface area contributed by atoms with Gasteiger partial charge in [-0.2, -0.15) is 0 Å². The SMILES string of the molecule is O=C1CNC(C(=O)N2CCN(C3CCCC3)CC2)CN1. The fourth-order valence-electron chi connectivity index (χ4n) is 3.54. The van der Waals surface area contributed by atoms with Crippen LogP contribution in [0, 0.1) is 0 Å². The molecule has 6 nitrogen and oxygen atoms in total. The second kappa shape index (κ2) is 6.10. The third-order valence-electron chi connectivity index (χ3n) is 4.78. The summed E-state index contributed by atoms with van der Waals surface area (Å²) in [5.41, 5.74) is 0. The van der Waals surface area contributed by atoms with Crippen LogP contribution in [0.25, 0.3) is 0 Å². The summed E-state index contributed by atoms with van der Waals surface area (Å²) in [6.07, 6.45) is 5.36. The van der Waals surface area contributed by atoms with Crippen molar-refractivity contribution in [1.82, 2.24) is 20.4 Å². The number of amides is 2. The smallest absolute Gasteiger partial charge is 0.241 e. The zero-order valence-electron chi connectivity index (χ0n) is 11.9. The maximum Gasteiger partial charge on any atom is 0.241 e. The molecule has 6 heteroatoms. The third kappa shape index (κ3) is 2.96. The lowest BCUT2D eigenvalue weighted by atomic mass is 10.1. The predicted octanol–water partition coefficient (Wildman–Crippen LogP) is -0.839. The van der Waals surface area contributed by atoms with Crippen LogP contribution in [0.3, 0.4) is 0 Å². The molecular formula is C14H24N4O2. The number of nitrogens with one attached hydrogen (secondary N) is 2. The number of rotatable bonds is 2. The van der Waals surface area contributed by atoms with Crippen LogP contribution in [0.1, 0.15) is 25.7 Å². The van der Waals surface area contributed by atoms with E-state index in [1.807, 2.05) is 4.90 Å². The highest BCUT2D eigenvalue weighted by atomic mass is 16.2. The summed E-state index contributed by atoms with van der Waals surface area (Å²) in [6.45, 7) is 4.30. The second-order valence-electron chi connectivity index (χ2n) is 6.04. The van der Waals surface area contributed by atoms with Gasteiger partial charge >= 0.3 is 0 Å². The average molecular weight is 280 g/mol. The minimum Gasteiger partial charge on any atom is -0.353 e. The largest absolute Gasteiger partial charge is 0.353 e. The second-order valence-corrected chi connectivity index (χ2v) is 6.04. The number of hydrogen-bond donors (Lipinski definition) is 2. The van der Waals surface area contributed by atoms with Crippen LogP contribution < -0.4 is 10.6 Å². The first-order chi connectivity index (χ1) is 9.74. The molecule has 2 amide bonds. The van der Waals surface area contributed by atoms with Gasteiger partial charge in [0.25, 0.3) is 0 Å². The molecule has 0 radical (unpaired) electrons. The first-order valence-corrected chi connectivity index (χ1v) is 7.77. The third-order valence-corrected chi connectivity index (χ3v) is 4.78. The van der Waals surface area contributed by atoms with E-state index in [0.29, 0.717) is 6.54 Å². The fourth-order valence-corrected chi connectivity index (χ4v) is 3.54. The van der Waals surface area contributed by atoms with Gasteiger partial charge in [0.05, 0.1) is 6.54 Å². The van der Waals surface area contributed by atoms with Gasteiger partial charge in [-0.3, -0.25) is 19.8 Å². The first-order valence-electron chi connectivity index (χ1n) is 7.77. The Labute approximate surface area is 119 Å². The Morgan fingerprint density at radius 2 is 1.80 bits per heavy atom. The van der Waals surface area contributed by atoms with Gasteiger partial charge in [-0.1, -0.05) is 12.8 Å². The Kier molecular flexibility index (Phi) is 4.21. The lowest BCUT2D eigenvalue weighted by Crippen LogP contribution is -2.61. The standard InChI is InChI=1S/C14H24N4O2/c19-13-10-15-12(9-16-13)14(20)18-7-5-17(6-8-18)11-3-1-2-4-11/h11-12,15H,1-10H2,(H,16,19). The summed E-state index contributed by atoms with van der Waals surface area (Å²) >= 11 is 0. The Bertz CT molecular complexity index is 363. The van der Waals surface area contributed by atoms with Crippen LogP contribution in [0.2, 0.25) is 0 Å². The van der Waals surface area contributed by atoms with Crippen molar-refractivity contribution in [3.63, 3.8) is 0 Å². The van der Waals surface area contributed by atoms with Gasteiger partial charge in [-0.05, 0) is 12.8 Å². The fraction of sp³-hybridized carbons (Fsp3) is 0.857. The van der Waals surface area contributed by atoms with E-state index < -0.39 is 0 Å². The van der Waals surface area contributed by atoms with Gasteiger partial charge in [0, 0.05) is 38.8 Å². The molecule has 1 aliphatic carbocycles. The van der Waals surface area contributed by atoms with Crippen LogP contribution in [0.4, 0.5) is 0 Å². The topological polar surface area (TPSA) is 64.7 Å². The summed E-state index contributed by atoms with van der Waals surface area (Å²) < 4.78 is 0. The molecule has 20 heavy (non-hydrogen) atoms. The van der Waals surface area contributed by atoms with E-state index in [1.54, 1.807) is 0 Å². The molecule has 2 aliphatic heterocycles. The minimum atomic E-state index is -0.245. The van der Waals surface area contributed by atoms with Gasteiger partial charge < -0.3 is 10.2 Å². The van der Waals surface area contributed by atoms with Crippen LogP contribution in [-0.2, 0) is 9.59 Å². The van der Waals surface area contributed by atoms with E-state index in [-0.39, 0.29) is 24.4 Å². The first kappa shape index (κ1) is 13.8. The van der Waals surface area contributed by atoms with Crippen molar-refractivity contribution in [1.29, 1.82) is 0 Å². The highest BCUT2D eigenvalue weighted by Gasteiger charge is 2.32. The van der Waals surface area contributed by atoms with Crippen molar-refractivity contribution >= 4 is 11.8 Å². The van der Waals surface area contributed by atoms with Crippen LogP contribution in [0.15, 0.2) is 0 Å². The molecule has 0 spiro atoms. The van der Waals surface area contributed by atoms with E-state index in [1.165, 1.54) is 25.7 Å². The van der Waals surface area contributed by atoms with E-state index in [0.717, 1.165) is 32.2 Å². The van der Waals surface area contributed by atoms with Crippen LogP contribution in [0.5, 0.6) is 0 Å². The minimum absolute atomic E-state index is 0.0277. The number of piperazine rings is 2. The molecule has 3 rings (SSSR count). The molecule has 2 N–H and O–H groups in total. The quantitative estimate of drug-likeness (QED) is 0.692.